The molecule has 1 atom stereocenters. The Labute approximate surface area is 178 Å². The van der Waals surface area contributed by atoms with Crippen LogP contribution in [0.4, 0.5) is 11.4 Å². The van der Waals surface area contributed by atoms with Crippen molar-refractivity contribution < 1.29 is 19.1 Å². The van der Waals surface area contributed by atoms with Crippen LogP contribution in [0, 0.1) is 0 Å². The maximum absolute atomic E-state index is 12.6. The van der Waals surface area contributed by atoms with Gasteiger partial charge in [-0.3, -0.25) is 9.59 Å². The number of benzene rings is 2. The van der Waals surface area contributed by atoms with E-state index in [1.54, 1.807) is 49.2 Å². The maximum Gasteiger partial charge on any atom is 0.267 e. The average Bonchev–Trinajstić information content (AvgIpc) is 2.75. The van der Waals surface area contributed by atoms with Gasteiger partial charge in [0.15, 0.2) is 6.10 Å². The van der Waals surface area contributed by atoms with Gasteiger partial charge in [-0.05, 0) is 55.8 Å². The number of unbranched alkanes of at least 4 members (excludes halogenated alkanes) is 4. The summed E-state index contributed by atoms with van der Waals surface area (Å²) in [5.41, 5.74) is 1.78. The first kappa shape index (κ1) is 21.7. The largest absolute Gasteiger partial charge is 0.494 e. The molecule has 0 saturated carbocycles. The van der Waals surface area contributed by atoms with Crippen molar-refractivity contribution >= 4 is 23.2 Å². The molecule has 0 fully saturated rings. The molecule has 0 unspecified atom stereocenters. The summed E-state index contributed by atoms with van der Waals surface area (Å²) in [4.78, 5) is 26.3. The molecular formula is C24H30N2O4. The Kier molecular flexibility index (Phi) is 7.33. The molecule has 2 aromatic carbocycles. The number of carbonyl (C=O) groups is 2. The topological polar surface area (TPSA) is 67.9 Å². The normalized spacial score (nSPS) is 15.4. The molecule has 3 rings (SSSR count). The minimum atomic E-state index is -0.514. The van der Waals surface area contributed by atoms with Gasteiger partial charge in [-0.15, -0.1) is 0 Å². The van der Waals surface area contributed by atoms with E-state index in [4.69, 9.17) is 9.47 Å². The van der Waals surface area contributed by atoms with Crippen molar-refractivity contribution in [3.8, 4) is 11.5 Å². The molecule has 0 spiro atoms. The fourth-order valence-corrected chi connectivity index (χ4v) is 3.39. The van der Waals surface area contributed by atoms with Crippen LogP contribution in [0.2, 0.25) is 0 Å². The minimum absolute atomic E-state index is 0.119. The van der Waals surface area contributed by atoms with E-state index in [0.29, 0.717) is 29.3 Å². The highest BCUT2D eigenvalue weighted by molar-refractivity contribution is 6.05. The molecule has 1 aliphatic heterocycles. The molecule has 0 radical (unpaired) electrons. The Balaban J connectivity index is 1.56. The van der Waals surface area contributed by atoms with Gasteiger partial charge in [-0.2, -0.15) is 0 Å². The van der Waals surface area contributed by atoms with Crippen LogP contribution < -0.4 is 19.7 Å². The van der Waals surface area contributed by atoms with Crippen molar-refractivity contribution in [2.24, 2.45) is 0 Å². The van der Waals surface area contributed by atoms with Crippen LogP contribution in [0.15, 0.2) is 42.5 Å². The second kappa shape index (κ2) is 10.1. The molecule has 0 bridgehead atoms. The summed E-state index contributed by atoms with van der Waals surface area (Å²) in [6.07, 6.45) is 5.46. The molecule has 6 nitrogen and oxygen atoms in total. The molecule has 0 aromatic heterocycles. The quantitative estimate of drug-likeness (QED) is 0.589. The van der Waals surface area contributed by atoms with Crippen LogP contribution in [0.25, 0.3) is 0 Å². The van der Waals surface area contributed by atoms with Crippen LogP contribution in [0.5, 0.6) is 11.5 Å². The van der Waals surface area contributed by atoms with Gasteiger partial charge in [-0.1, -0.05) is 32.6 Å². The van der Waals surface area contributed by atoms with Crippen molar-refractivity contribution in [3.05, 3.63) is 48.0 Å². The molecule has 6 heteroatoms. The zero-order valence-corrected chi connectivity index (χ0v) is 17.9. The zero-order chi connectivity index (χ0) is 21.5. The predicted octanol–water partition coefficient (Wildman–Crippen LogP) is 5.03. The third kappa shape index (κ3) is 5.32. The smallest absolute Gasteiger partial charge is 0.267 e. The number of anilines is 2. The van der Waals surface area contributed by atoms with Crippen LogP contribution in [0.3, 0.4) is 0 Å². The summed E-state index contributed by atoms with van der Waals surface area (Å²) in [5.74, 6) is 1.05. The highest BCUT2D eigenvalue weighted by Gasteiger charge is 2.29. The zero-order valence-electron chi connectivity index (χ0n) is 17.9. The third-order valence-corrected chi connectivity index (χ3v) is 5.19. The number of nitrogens with zero attached hydrogens (tertiary/aromatic N) is 1. The van der Waals surface area contributed by atoms with Crippen LogP contribution in [0.1, 0.15) is 56.3 Å². The van der Waals surface area contributed by atoms with E-state index in [9.17, 15) is 9.59 Å². The Bertz CT molecular complexity index is 879. The Morgan fingerprint density at radius 3 is 2.57 bits per heavy atom. The molecule has 1 heterocycles. The van der Waals surface area contributed by atoms with Crippen molar-refractivity contribution in [3.63, 3.8) is 0 Å². The summed E-state index contributed by atoms with van der Waals surface area (Å²) >= 11 is 0. The van der Waals surface area contributed by atoms with Gasteiger partial charge in [-0.25, -0.2) is 0 Å². The van der Waals surface area contributed by atoms with Gasteiger partial charge in [0.2, 0.25) is 0 Å². The van der Waals surface area contributed by atoms with Gasteiger partial charge < -0.3 is 19.7 Å². The summed E-state index contributed by atoms with van der Waals surface area (Å²) in [7, 11) is 1.70. The highest BCUT2D eigenvalue weighted by Crippen LogP contribution is 2.35. The lowest BCUT2D eigenvalue weighted by molar-refractivity contribution is -0.125. The van der Waals surface area contributed by atoms with Gasteiger partial charge in [0, 0.05) is 18.3 Å². The number of hydrogen-bond donors (Lipinski definition) is 1. The first-order valence-corrected chi connectivity index (χ1v) is 10.6. The number of rotatable bonds is 9. The highest BCUT2D eigenvalue weighted by atomic mass is 16.5. The summed E-state index contributed by atoms with van der Waals surface area (Å²) in [5, 5.41) is 2.87. The fourth-order valence-electron chi connectivity index (χ4n) is 3.39. The molecule has 2 aromatic rings. The second-order valence-electron chi connectivity index (χ2n) is 7.58. The van der Waals surface area contributed by atoms with Crippen molar-refractivity contribution in [2.45, 2.75) is 52.1 Å². The molecule has 2 amide bonds. The predicted molar refractivity (Wildman–Crippen MR) is 119 cm³/mol. The number of nitrogens with one attached hydrogen (secondary N) is 1. The number of fused-ring (bicyclic) bond motifs is 1. The summed E-state index contributed by atoms with van der Waals surface area (Å²) in [6.45, 7) is 4.61. The van der Waals surface area contributed by atoms with Crippen molar-refractivity contribution in [1.29, 1.82) is 0 Å². The number of hydrogen-bond acceptors (Lipinski definition) is 4. The monoisotopic (exact) mass is 410 g/mol. The minimum Gasteiger partial charge on any atom is -0.494 e. The first-order chi connectivity index (χ1) is 14.5. The van der Waals surface area contributed by atoms with Crippen LogP contribution in [-0.4, -0.2) is 31.6 Å². The number of amides is 2. The number of likely N-dealkylation sites (N-methyl/N-ethyl adjacent to an activating group) is 1. The number of carbonyl (C=O) groups excluding carboxylic acids is 2. The SMILES string of the molecule is CCCCCCCOc1ccc(C(=O)Nc2ccc3c(c2)N(C)C(=O)[C@H](C)O3)cc1. The van der Waals surface area contributed by atoms with Crippen LogP contribution >= 0.6 is 0 Å². The Morgan fingerprint density at radius 1 is 1.10 bits per heavy atom. The van der Waals surface area contributed by atoms with E-state index in [0.717, 1.165) is 12.2 Å². The van der Waals surface area contributed by atoms with Crippen molar-refractivity contribution in [1.82, 2.24) is 0 Å². The lowest BCUT2D eigenvalue weighted by atomic mass is 10.1. The average molecular weight is 411 g/mol. The standard InChI is InChI=1S/C24H30N2O4/c1-4-5-6-7-8-15-29-20-12-9-18(10-13-20)23(27)25-19-11-14-22-21(16-19)26(3)24(28)17(2)30-22/h9-14,16-17H,4-8,15H2,1-3H3,(H,25,27)/t17-/m0/s1. The van der Waals surface area contributed by atoms with Gasteiger partial charge >= 0.3 is 0 Å². The Morgan fingerprint density at radius 2 is 1.83 bits per heavy atom. The Hall–Kier alpha value is -3.02. The van der Waals surface area contributed by atoms with E-state index in [1.165, 1.54) is 25.7 Å². The molecule has 0 saturated heterocycles. The lowest BCUT2D eigenvalue weighted by Gasteiger charge is -2.30. The molecular weight excluding hydrogens is 380 g/mol. The molecule has 0 aliphatic carbocycles. The van der Waals surface area contributed by atoms with Crippen LogP contribution in [-0.2, 0) is 4.79 Å². The molecule has 1 N–H and O–H groups in total. The van der Waals surface area contributed by atoms with Crippen molar-refractivity contribution in [2.75, 3.05) is 23.9 Å². The van der Waals surface area contributed by atoms with E-state index in [-0.39, 0.29) is 11.8 Å². The van der Waals surface area contributed by atoms with E-state index < -0.39 is 6.10 Å². The number of ether oxygens (including phenoxy) is 2. The molecule has 30 heavy (non-hydrogen) atoms. The first-order valence-electron chi connectivity index (χ1n) is 10.6. The van der Waals surface area contributed by atoms with E-state index in [1.807, 2.05) is 12.1 Å². The summed E-state index contributed by atoms with van der Waals surface area (Å²) < 4.78 is 11.4. The summed E-state index contributed by atoms with van der Waals surface area (Å²) in [6, 6.07) is 12.4. The maximum atomic E-state index is 12.6. The van der Waals surface area contributed by atoms with Gasteiger partial charge in [0.05, 0.1) is 12.3 Å². The lowest BCUT2D eigenvalue weighted by Crippen LogP contribution is -2.41. The molecule has 1 aliphatic rings. The van der Waals surface area contributed by atoms with E-state index in [2.05, 4.69) is 12.2 Å². The molecule has 160 valence electrons. The fraction of sp³-hybridized carbons (Fsp3) is 0.417. The van der Waals surface area contributed by atoms with E-state index >= 15 is 0 Å². The third-order valence-electron chi connectivity index (χ3n) is 5.19. The second-order valence-corrected chi connectivity index (χ2v) is 7.58. The van der Waals surface area contributed by atoms with Gasteiger partial charge in [0.1, 0.15) is 11.5 Å². The van der Waals surface area contributed by atoms with Gasteiger partial charge in [0.25, 0.3) is 11.8 Å².